The SMILES string of the molecule is c1ccc(-c2nc(-c3ccccc3)nc(-c3ccc(-c4ccc(-c5ccc6oc7cc8nc(-c9ccccc9)oc8cc7c6c5)c5ccccc45)cc3)n2)cc1. The van der Waals surface area contributed by atoms with Crippen LogP contribution < -0.4 is 0 Å². The van der Waals surface area contributed by atoms with Crippen molar-refractivity contribution in [3.05, 3.63) is 182 Å². The van der Waals surface area contributed by atoms with E-state index in [0.29, 0.717) is 23.4 Å². The van der Waals surface area contributed by atoms with Crippen molar-refractivity contribution in [2.45, 2.75) is 0 Å². The molecule has 0 fully saturated rings. The maximum atomic E-state index is 6.34. The molecule has 11 aromatic rings. The first-order valence-corrected chi connectivity index (χ1v) is 18.5. The van der Waals surface area contributed by atoms with Gasteiger partial charge in [0.15, 0.2) is 23.1 Å². The van der Waals surface area contributed by atoms with E-state index >= 15 is 0 Å². The van der Waals surface area contributed by atoms with Crippen molar-refractivity contribution in [3.8, 4) is 67.9 Å². The number of oxazole rings is 1. The second kappa shape index (κ2) is 13.0. The Morgan fingerprint density at radius 2 is 0.768 bits per heavy atom. The Morgan fingerprint density at radius 3 is 1.38 bits per heavy atom. The highest BCUT2D eigenvalue weighted by atomic mass is 16.4. The van der Waals surface area contributed by atoms with Crippen molar-refractivity contribution >= 4 is 43.8 Å². The zero-order chi connectivity index (χ0) is 37.0. The van der Waals surface area contributed by atoms with E-state index in [2.05, 4.69) is 78.9 Å². The molecule has 0 amide bonds. The minimum atomic E-state index is 0.597. The second-order valence-corrected chi connectivity index (χ2v) is 13.8. The number of hydrogen-bond donors (Lipinski definition) is 0. The second-order valence-electron chi connectivity index (χ2n) is 13.8. The van der Waals surface area contributed by atoms with Crippen molar-refractivity contribution in [3.63, 3.8) is 0 Å². The highest BCUT2D eigenvalue weighted by Gasteiger charge is 2.17. The van der Waals surface area contributed by atoms with Crippen molar-refractivity contribution in [1.82, 2.24) is 19.9 Å². The molecule has 0 aliphatic rings. The molecule has 262 valence electrons. The molecule has 0 unspecified atom stereocenters. The first-order valence-electron chi connectivity index (χ1n) is 18.5. The molecule has 0 aliphatic heterocycles. The van der Waals surface area contributed by atoms with Crippen LogP contribution in [0, 0.1) is 0 Å². The third-order valence-electron chi connectivity index (χ3n) is 10.4. The zero-order valence-electron chi connectivity index (χ0n) is 29.9. The average Bonchev–Trinajstić information content (AvgIpc) is 3.86. The molecule has 0 bridgehead atoms. The molecule has 0 saturated heterocycles. The fourth-order valence-electron chi connectivity index (χ4n) is 7.61. The smallest absolute Gasteiger partial charge is 0.227 e. The highest BCUT2D eigenvalue weighted by Crippen LogP contribution is 2.40. The van der Waals surface area contributed by atoms with Crippen molar-refractivity contribution in [2.75, 3.05) is 0 Å². The van der Waals surface area contributed by atoms with E-state index in [4.69, 9.17) is 28.8 Å². The number of hydrogen-bond acceptors (Lipinski definition) is 6. The van der Waals surface area contributed by atoms with Gasteiger partial charge in [-0.3, -0.25) is 0 Å². The molecule has 11 rings (SSSR count). The summed E-state index contributed by atoms with van der Waals surface area (Å²) in [7, 11) is 0. The molecule has 0 saturated carbocycles. The summed E-state index contributed by atoms with van der Waals surface area (Å²) < 4.78 is 12.6. The zero-order valence-corrected chi connectivity index (χ0v) is 29.9. The summed E-state index contributed by atoms with van der Waals surface area (Å²) in [5, 5.41) is 4.37. The van der Waals surface area contributed by atoms with Gasteiger partial charge in [0.1, 0.15) is 16.7 Å². The fourth-order valence-corrected chi connectivity index (χ4v) is 7.61. The lowest BCUT2D eigenvalue weighted by Crippen LogP contribution is -2.00. The molecule has 0 aliphatic carbocycles. The first-order chi connectivity index (χ1) is 27.7. The topological polar surface area (TPSA) is 77.8 Å². The summed E-state index contributed by atoms with van der Waals surface area (Å²) in [6, 6.07) is 62.1. The van der Waals surface area contributed by atoms with Crippen LogP contribution in [-0.2, 0) is 0 Å². The van der Waals surface area contributed by atoms with Crippen LogP contribution in [0.15, 0.2) is 191 Å². The van der Waals surface area contributed by atoms with Gasteiger partial charge in [0.05, 0.1) is 0 Å². The number of furan rings is 1. The predicted molar refractivity (Wildman–Crippen MR) is 225 cm³/mol. The largest absolute Gasteiger partial charge is 0.456 e. The molecule has 56 heavy (non-hydrogen) atoms. The lowest BCUT2D eigenvalue weighted by Gasteiger charge is -2.13. The summed E-state index contributed by atoms with van der Waals surface area (Å²) >= 11 is 0. The van der Waals surface area contributed by atoms with E-state index < -0.39 is 0 Å². The fraction of sp³-hybridized carbons (Fsp3) is 0. The molecular formula is C50H30N4O2. The van der Waals surface area contributed by atoms with Gasteiger partial charge in [-0.25, -0.2) is 19.9 Å². The molecule has 6 nitrogen and oxygen atoms in total. The molecule has 0 radical (unpaired) electrons. The molecule has 0 spiro atoms. The quantitative estimate of drug-likeness (QED) is 0.170. The number of rotatable bonds is 6. The van der Waals surface area contributed by atoms with Crippen LogP contribution in [0.4, 0.5) is 0 Å². The first kappa shape index (κ1) is 31.8. The monoisotopic (exact) mass is 718 g/mol. The van der Waals surface area contributed by atoms with Crippen LogP contribution in [0.3, 0.4) is 0 Å². The van der Waals surface area contributed by atoms with Crippen LogP contribution in [0.25, 0.3) is 112 Å². The normalized spacial score (nSPS) is 11.6. The number of aromatic nitrogens is 4. The van der Waals surface area contributed by atoms with Crippen LogP contribution >= 0.6 is 0 Å². The van der Waals surface area contributed by atoms with E-state index in [1.54, 1.807) is 0 Å². The molecule has 0 atom stereocenters. The molecule has 6 heteroatoms. The Kier molecular flexibility index (Phi) is 7.38. The van der Waals surface area contributed by atoms with E-state index in [0.717, 1.165) is 77.5 Å². The highest BCUT2D eigenvalue weighted by molar-refractivity contribution is 6.11. The summed E-state index contributed by atoms with van der Waals surface area (Å²) in [4.78, 5) is 19.4. The number of nitrogens with zero attached hydrogens (tertiary/aromatic N) is 4. The summed E-state index contributed by atoms with van der Waals surface area (Å²) in [5.41, 5.74) is 11.4. The van der Waals surface area contributed by atoms with E-state index in [1.165, 1.54) is 10.8 Å². The Morgan fingerprint density at radius 1 is 0.286 bits per heavy atom. The maximum absolute atomic E-state index is 6.34. The molecule has 0 N–H and O–H groups in total. The number of fused-ring (bicyclic) bond motifs is 5. The Balaban J connectivity index is 0.966. The average molecular weight is 719 g/mol. The van der Waals surface area contributed by atoms with Crippen LogP contribution in [0.2, 0.25) is 0 Å². The molecular weight excluding hydrogens is 689 g/mol. The Bertz CT molecular complexity index is 3170. The lowest BCUT2D eigenvalue weighted by atomic mass is 9.91. The third kappa shape index (κ3) is 5.51. The van der Waals surface area contributed by atoms with Gasteiger partial charge in [0.25, 0.3) is 0 Å². The predicted octanol–water partition coefficient (Wildman–Crippen LogP) is 13.1. The van der Waals surface area contributed by atoms with Gasteiger partial charge in [-0.2, -0.15) is 0 Å². The van der Waals surface area contributed by atoms with Crippen LogP contribution in [-0.4, -0.2) is 19.9 Å². The van der Waals surface area contributed by atoms with E-state index in [1.807, 2.05) is 103 Å². The van der Waals surface area contributed by atoms with Crippen molar-refractivity contribution in [1.29, 1.82) is 0 Å². The molecule has 3 aromatic heterocycles. The summed E-state index contributed by atoms with van der Waals surface area (Å²) in [6.45, 7) is 0. The van der Waals surface area contributed by atoms with Gasteiger partial charge in [-0.05, 0) is 63.4 Å². The lowest BCUT2D eigenvalue weighted by molar-refractivity contribution is 0.620. The maximum Gasteiger partial charge on any atom is 0.227 e. The van der Waals surface area contributed by atoms with Crippen LogP contribution in [0.5, 0.6) is 0 Å². The Labute approximate surface area is 321 Å². The summed E-state index contributed by atoms with van der Waals surface area (Å²) in [5.74, 6) is 2.52. The molecule has 3 heterocycles. The van der Waals surface area contributed by atoms with Crippen LogP contribution in [0.1, 0.15) is 0 Å². The van der Waals surface area contributed by atoms with E-state index in [-0.39, 0.29) is 0 Å². The Hall–Kier alpha value is -7.70. The summed E-state index contributed by atoms with van der Waals surface area (Å²) in [6.07, 6.45) is 0. The van der Waals surface area contributed by atoms with Gasteiger partial charge in [-0.1, -0.05) is 146 Å². The van der Waals surface area contributed by atoms with E-state index in [9.17, 15) is 0 Å². The van der Waals surface area contributed by atoms with Crippen molar-refractivity contribution in [2.24, 2.45) is 0 Å². The van der Waals surface area contributed by atoms with Crippen molar-refractivity contribution < 1.29 is 8.83 Å². The minimum Gasteiger partial charge on any atom is -0.456 e. The number of benzene rings is 8. The molecule has 8 aromatic carbocycles. The van der Waals surface area contributed by atoms with Gasteiger partial charge in [0.2, 0.25) is 5.89 Å². The third-order valence-corrected chi connectivity index (χ3v) is 10.4. The van der Waals surface area contributed by atoms with Gasteiger partial charge in [-0.15, -0.1) is 0 Å². The van der Waals surface area contributed by atoms with Gasteiger partial charge in [0, 0.05) is 39.1 Å². The minimum absolute atomic E-state index is 0.597. The van der Waals surface area contributed by atoms with Gasteiger partial charge < -0.3 is 8.83 Å². The van der Waals surface area contributed by atoms with Gasteiger partial charge >= 0.3 is 0 Å². The standard InChI is InChI=1S/C50H30N4O2/c1-4-12-32(13-5-1)47-52-48(33-14-6-2-7-15-33)54-49(53-47)34-22-20-31(21-23-34)37-25-26-38(40-19-11-10-18-39(37)40)36-24-27-44-41(28-36)42-29-46-43(30-45(42)55-44)51-50(56-46)35-16-8-3-9-17-35/h1-30H.